The second-order valence-electron chi connectivity index (χ2n) is 12.2. The number of nitrogens with one attached hydrogen (secondary N) is 6. The highest BCUT2D eigenvalue weighted by molar-refractivity contribution is 5.96. The molecule has 0 rings (SSSR count). The van der Waals surface area contributed by atoms with Crippen LogP contribution in [-0.4, -0.2) is 84.6 Å². The summed E-state index contributed by atoms with van der Waals surface area (Å²) >= 11 is 0. The van der Waals surface area contributed by atoms with Crippen LogP contribution in [-0.2, 0) is 33.6 Å². The van der Waals surface area contributed by atoms with E-state index in [1.54, 1.807) is 13.8 Å². The molecule has 0 aliphatic heterocycles. The molecule has 6 atom stereocenters. The SMILES string of the molecule is CC[C@H](C)[C@H](NC(C)=O)C(=O)N[C@@H](CC(C)C)C(=O)N[C@H](C(=O)N[C@@H](C)C(=O)NCC(=O)N[C@@H](CCCCN)C(N)=O)C(C)C. The maximum absolute atomic E-state index is 13.4. The average molecular weight is 641 g/mol. The molecule has 10 N–H and O–H groups in total. The molecule has 0 radical (unpaired) electrons. The number of nitrogens with two attached hydrogens (primary N) is 2. The van der Waals surface area contributed by atoms with E-state index in [1.807, 2.05) is 27.7 Å². The van der Waals surface area contributed by atoms with Crippen LogP contribution in [0.1, 0.15) is 87.5 Å². The van der Waals surface area contributed by atoms with Crippen molar-refractivity contribution in [3.05, 3.63) is 0 Å². The van der Waals surface area contributed by atoms with Crippen LogP contribution in [0.5, 0.6) is 0 Å². The lowest BCUT2D eigenvalue weighted by Gasteiger charge is -2.29. The molecule has 0 unspecified atom stereocenters. The van der Waals surface area contributed by atoms with Crippen molar-refractivity contribution in [1.29, 1.82) is 0 Å². The fourth-order valence-corrected chi connectivity index (χ4v) is 4.39. The molecule has 0 aromatic rings. The van der Waals surface area contributed by atoms with Crippen LogP contribution >= 0.6 is 0 Å². The minimum Gasteiger partial charge on any atom is -0.368 e. The molecular formula is C30H56N8O7. The van der Waals surface area contributed by atoms with Gasteiger partial charge in [0.2, 0.25) is 41.4 Å². The van der Waals surface area contributed by atoms with E-state index in [0.29, 0.717) is 32.2 Å². The van der Waals surface area contributed by atoms with E-state index in [9.17, 15) is 33.6 Å². The fraction of sp³-hybridized carbons (Fsp3) is 0.767. The second kappa shape index (κ2) is 21.1. The van der Waals surface area contributed by atoms with Gasteiger partial charge in [-0.2, -0.15) is 0 Å². The van der Waals surface area contributed by atoms with Crippen molar-refractivity contribution < 1.29 is 33.6 Å². The number of rotatable bonds is 21. The van der Waals surface area contributed by atoms with Gasteiger partial charge in [0.25, 0.3) is 0 Å². The third-order valence-corrected chi connectivity index (χ3v) is 7.24. The minimum absolute atomic E-state index is 0.0142. The summed E-state index contributed by atoms with van der Waals surface area (Å²) in [6.07, 6.45) is 2.47. The summed E-state index contributed by atoms with van der Waals surface area (Å²) in [7, 11) is 0. The Balaban J connectivity index is 5.39. The van der Waals surface area contributed by atoms with Gasteiger partial charge in [0.1, 0.15) is 30.2 Å². The molecule has 258 valence electrons. The Morgan fingerprint density at radius 2 is 1.29 bits per heavy atom. The van der Waals surface area contributed by atoms with E-state index in [-0.39, 0.29) is 30.1 Å². The Bertz CT molecular complexity index is 1020. The van der Waals surface area contributed by atoms with E-state index in [2.05, 4.69) is 31.9 Å². The van der Waals surface area contributed by atoms with Crippen molar-refractivity contribution in [1.82, 2.24) is 31.9 Å². The van der Waals surface area contributed by atoms with Gasteiger partial charge < -0.3 is 43.4 Å². The first-order chi connectivity index (χ1) is 20.9. The molecule has 0 saturated heterocycles. The molecule has 0 saturated carbocycles. The summed E-state index contributed by atoms with van der Waals surface area (Å²) < 4.78 is 0. The van der Waals surface area contributed by atoms with Gasteiger partial charge in [0.05, 0.1) is 6.54 Å². The lowest BCUT2D eigenvalue weighted by Crippen LogP contribution is -2.60. The van der Waals surface area contributed by atoms with Crippen LogP contribution in [0.3, 0.4) is 0 Å². The van der Waals surface area contributed by atoms with Crippen molar-refractivity contribution in [2.24, 2.45) is 29.2 Å². The summed E-state index contributed by atoms with van der Waals surface area (Å²) in [5.41, 5.74) is 10.8. The Morgan fingerprint density at radius 3 is 1.78 bits per heavy atom. The lowest BCUT2D eigenvalue weighted by molar-refractivity contribution is -0.135. The van der Waals surface area contributed by atoms with Gasteiger partial charge in [-0.25, -0.2) is 0 Å². The highest BCUT2D eigenvalue weighted by Crippen LogP contribution is 2.12. The molecular weight excluding hydrogens is 584 g/mol. The zero-order chi connectivity index (χ0) is 34.9. The molecule has 15 heteroatoms. The Kier molecular flexibility index (Phi) is 19.3. The van der Waals surface area contributed by atoms with Gasteiger partial charge in [-0.3, -0.25) is 33.6 Å². The normalized spacial score (nSPS) is 15.1. The molecule has 0 fully saturated rings. The van der Waals surface area contributed by atoms with Crippen molar-refractivity contribution >= 4 is 41.4 Å². The minimum atomic E-state index is -1.07. The highest BCUT2D eigenvalue weighted by Gasteiger charge is 2.33. The van der Waals surface area contributed by atoms with Crippen molar-refractivity contribution in [3.8, 4) is 0 Å². The molecule has 0 aliphatic carbocycles. The number of carbonyl (C=O) groups is 7. The Labute approximate surface area is 266 Å². The zero-order valence-electron chi connectivity index (χ0n) is 28.1. The van der Waals surface area contributed by atoms with Crippen molar-refractivity contribution in [2.45, 2.75) is 118 Å². The molecule has 0 spiro atoms. The summed E-state index contributed by atoms with van der Waals surface area (Å²) in [6.45, 7) is 13.6. The van der Waals surface area contributed by atoms with Crippen LogP contribution in [0.25, 0.3) is 0 Å². The van der Waals surface area contributed by atoms with Gasteiger partial charge in [-0.15, -0.1) is 0 Å². The quantitative estimate of drug-likeness (QED) is 0.0716. The van der Waals surface area contributed by atoms with Gasteiger partial charge in [-0.05, 0) is 56.9 Å². The second-order valence-corrected chi connectivity index (χ2v) is 12.2. The van der Waals surface area contributed by atoms with Crippen molar-refractivity contribution in [2.75, 3.05) is 13.1 Å². The number of hydrogen-bond donors (Lipinski definition) is 8. The molecule has 0 aliphatic rings. The standard InChI is InChI=1S/C30H56N8O7/c1-9-18(6)25(35-20(8)39)30(45)37-22(14-16(2)3)28(43)38-24(17(4)5)29(44)34-19(7)27(42)33-15-23(40)36-21(26(32)41)12-10-11-13-31/h16-19,21-22,24-25H,9-15,31H2,1-8H3,(H2,32,41)(H,33,42)(H,34,44)(H,35,39)(H,36,40)(H,37,45)(H,38,43)/t18-,19-,21-,22-,24-,25-/m0/s1. The first-order valence-electron chi connectivity index (χ1n) is 15.7. The molecule has 0 bridgehead atoms. The van der Waals surface area contributed by atoms with E-state index >= 15 is 0 Å². The molecule has 0 heterocycles. The highest BCUT2D eigenvalue weighted by atomic mass is 16.2. The molecule has 7 amide bonds. The zero-order valence-corrected chi connectivity index (χ0v) is 28.1. The van der Waals surface area contributed by atoms with E-state index in [1.165, 1.54) is 13.8 Å². The predicted molar refractivity (Wildman–Crippen MR) is 170 cm³/mol. The smallest absolute Gasteiger partial charge is 0.243 e. The number of amides is 7. The first kappa shape index (κ1) is 41.2. The van der Waals surface area contributed by atoms with Crippen LogP contribution in [0.2, 0.25) is 0 Å². The van der Waals surface area contributed by atoms with Gasteiger partial charge in [-0.1, -0.05) is 48.0 Å². The van der Waals surface area contributed by atoms with E-state index in [0.717, 1.165) is 0 Å². The van der Waals surface area contributed by atoms with Gasteiger partial charge >= 0.3 is 0 Å². The topological polar surface area (TPSA) is 244 Å². The molecule has 15 nitrogen and oxygen atoms in total. The monoisotopic (exact) mass is 640 g/mol. The Hall–Kier alpha value is -3.75. The number of carbonyl (C=O) groups excluding carboxylic acids is 7. The summed E-state index contributed by atoms with van der Waals surface area (Å²) in [5.74, 6) is -4.64. The average Bonchev–Trinajstić information content (AvgIpc) is 2.95. The molecule has 0 aromatic heterocycles. The van der Waals surface area contributed by atoms with E-state index in [4.69, 9.17) is 11.5 Å². The van der Waals surface area contributed by atoms with Crippen LogP contribution in [0, 0.1) is 17.8 Å². The van der Waals surface area contributed by atoms with Gasteiger partial charge in [0.15, 0.2) is 0 Å². The van der Waals surface area contributed by atoms with Crippen molar-refractivity contribution in [3.63, 3.8) is 0 Å². The number of primary amides is 1. The Morgan fingerprint density at radius 1 is 0.689 bits per heavy atom. The third-order valence-electron chi connectivity index (χ3n) is 7.24. The maximum Gasteiger partial charge on any atom is 0.243 e. The molecule has 45 heavy (non-hydrogen) atoms. The largest absolute Gasteiger partial charge is 0.368 e. The van der Waals surface area contributed by atoms with Crippen LogP contribution < -0.4 is 43.4 Å². The summed E-state index contributed by atoms with van der Waals surface area (Å²) in [5, 5.41) is 15.5. The van der Waals surface area contributed by atoms with Crippen LogP contribution in [0.15, 0.2) is 0 Å². The maximum atomic E-state index is 13.4. The van der Waals surface area contributed by atoms with Crippen LogP contribution in [0.4, 0.5) is 0 Å². The first-order valence-corrected chi connectivity index (χ1v) is 15.7. The van der Waals surface area contributed by atoms with E-state index < -0.39 is 72.2 Å². The number of unbranched alkanes of at least 4 members (excludes halogenated alkanes) is 1. The summed E-state index contributed by atoms with van der Waals surface area (Å²) in [6, 6.07) is -4.83. The predicted octanol–water partition coefficient (Wildman–Crippen LogP) is -1.07. The lowest BCUT2D eigenvalue weighted by atomic mass is 9.96. The molecule has 0 aromatic carbocycles. The number of hydrogen-bond acceptors (Lipinski definition) is 8. The summed E-state index contributed by atoms with van der Waals surface area (Å²) in [4.78, 5) is 87.9. The van der Waals surface area contributed by atoms with Gasteiger partial charge in [0, 0.05) is 6.92 Å². The fourth-order valence-electron chi connectivity index (χ4n) is 4.39. The third kappa shape index (κ3) is 16.2.